The minimum atomic E-state index is -0.333. The quantitative estimate of drug-likeness (QED) is 0.518. The topological polar surface area (TPSA) is 92.8 Å². The van der Waals surface area contributed by atoms with Crippen LogP contribution in [0, 0.1) is 46.3 Å². The minimum absolute atomic E-state index is 0.189. The summed E-state index contributed by atoms with van der Waals surface area (Å²) in [5.74, 6) is 4.26. The van der Waals surface area contributed by atoms with Crippen LogP contribution in [-0.4, -0.2) is 34.5 Å². The first-order valence-electron chi connectivity index (χ1n) is 15.0. The van der Waals surface area contributed by atoms with Gasteiger partial charge in [-0.05, 0) is 116 Å². The van der Waals surface area contributed by atoms with Crippen molar-refractivity contribution in [1.82, 2.24) is 4.98 Å². The van der Waals surface area contributed by atoms with Gasteiger partial charge in [0.2, 0.25) is 0 Å². The zero-order chi connectivity index (χ0) is 26.8. The van der Waals surface area contributed by atoms with Gasteiger partial charge in [0.25, 0.3) is 0 Å². The number of rotatable bonds is 5. The molecule has 0 saturated heterocycles. The van der Waals surface area contributed by atoms with Crippen molar-refractivity contribution in [3.8, 4) is 5.75 Å². The van der Waals surface area contributed by atoms with Crippen molar-refractivity contribution in [2.45, 2.75) is 97.2 Å². The second kappa shape index (κ2) is 9.62. The van der Waals surface area contributed by atoms with Crippen LogP contribution < -0.4 is 10.4 Å². The van der Waals surface area contributed by atoms with Gasteiger partial charge in [0.15, 0.2) is 5.89 Å². The van der Waals surface area contributed by atoms with Gasteiger partial charge in [0.05, 0.1) is 30.2 Å². The molecule has 4 aliphatic rings. The maximum atomic E-state index is 12.6. The largest absolute Gasteiger partial charge is 0.497 e. The molecule has 4 saturated carbocycles. The Morgan fingerprint density at radius 2 is 1.84 bits per heavy atom. The third-order valence-electron chi connectivity index (χ3n) is 12.1. The van der Waals surface area contributed by atoms with E-state index in [1.807, 2.05) is 0 Å². The van der Waals surface area contributed by atoms with Gasteiger partial charge in [-0.25, -0.2) is 9.78 Å². The van der Waals surface area contributed by atoms with Gasteiger partial charge in [0.1, 0.15) is 5.75 Å². The molecule has 6 rings (SSSR count). The number of nitrogens with zero attached hydrogens (tertiary/aromatic N) is 1. The van der Waals surface area contributed by atoms with Crippen LogP contribution in [-0.2, 0) is 6.42 Å². The van der Waals surface area contributed by atoms with E-state index in [0.29, 0.717) is 64.5 Å². The number of hydrogen-bond donors (Lipinski definition) is 2. The molecule has 4 fully saturated rings. The molecule has 1 unspecified atom stereocenters. The summed E-state index contributed by atoms with van der Waals surface area (Å²) in [6.07, 6.45) is 9.75. The summed E-state index contributed by atoms with van der Waals surface area (Å²) in [6.45, 7) is 7.35. The standard InChI is InChI=1S/C32H45NO5/c1-18(5-10-28-33-26-17-21(37-4)6-7-22(26)30(36)38-28)23-8-9-24-29-25(12-14-32(23,24)3)31(2)13-11-20(34)15-19(31)16-27(29)35/h6-7,17-20,23-25,27,29,34-35H,5,8-16H2,1-4H3/t18-,19+,20-,23-,24+,25?,27-,29+,31+,32-/m1/s1. The summed E-state index contributed by atoms with van der Waals surface area (Å²) in [7, 11) is 1.61. The third-order valence-corrected chi connectivity index (χ3v) is 12.1. The van der Waals surface area contributed by atoms with Crippen molar-refractivity contribution in [1.29, 1.82) is 0 Å². The fraction of sp³-hybridized carbons (Fsp3) is 0.750. The molecule has 6 nitrogen and oxygen atoms in total. The van der Waals surface area contributed by atoms with E-state index in [9.17, 15) is 15.0 Å². The maximum absolute atomic E-state index is 12.6. The lowest BCUT2D eigenvalue weighted by atomic mass is 9.43. The van der Waals surface area contributed by atoms with E-state index >= 15 is 0 Å². The van der Waals surface area contributed by atoms with E-state index in [4.69, 9.17) is 9.15 Å². The molecule has 0 bridgehead atoms. The van der Waals surface area contributed by atoms with Gasteiger partial charge in [-0.2, -0.15) is 0 Å². The lowest BCUT2D eigenvalue weighted by molar-refractivity contribution is -0.174. The second-order valence-corrected chi connectivity index (χ2v) is 13.7. The van der Waals surface area contributed by atoms with Crippen LogP contribution in [0.2, 0.25) is 0 Å². The molecule has 4 aliphatic carbocycles. The third kappa shape index (κ3) is 4.13. The Morgan fingerprint density at radius 3 is 2.63 bits per heavy atom. The number of aryl methyl sites for hydroxylation is 1. The highest BCUT2D eigenvalue weighted by Crippen LogP contribution is 2.68. The fourth-order valence-electron chi connectivity index (χ4n) is 10.1. The Labute approximate surface area is 226 Å². The van der Waals surface area contributed by atoms with Gasteiger partial charge in [0, 0.05) is 12.5 Å². The number of hydrogen-bond acceptors (Lipinski definition) is 6. The second-order valence-electron chi connectivity index (χ2n) is 13.7. The van der Waals surface area contributed by atoms with Crippen LogP contribution in [0.3, 0.4) is 0 Å². The van der Waals surface area contributed by atoms with E-state index in [0.717, 1.165) is 32.1 Å². The number of methoxy groups -OCH3 is 1. The van der Waals surface area contributed by atoms with E-state index in [1.54, 1.807) is 25.3 Å². The molecule has 38 heavy (non-hydrogen) atoms. The van der Waals surface area contributed by atoms with Crippen molar-refractivity contribution in [3.05, 3.63) is 34.5 Å². The van der Waals surface area contributed by atoms with E-state index in [-0.39, 0.29) is 28.7 Å². The lowest BCUT2D eigenvalue weighted by Gasteiger charge is -2.62. The average molecular weight is 524 g/mol. The number of aliphatic hydroxyl groups excluding tert-OH is 2. The smallest absolute Gasteiger partial charge is 0.346 e. The summed E-state index contributed by atoms with van der Waals surface area (Å²) in [4.78, 5) is 17.2. The van der Waals surface area contributed by atoms with Crippen molar-refractivity contribution in [2.75, 3.05) is 7.11 Å². The first-order valence-corrected chi connectivity index (χ1v) is 15.0. The number of fused-ring (bicyclic) bond motifs is 6. The highest BCUT2D eigenvalue weighted by atomic mass is 16.5. The molecule has 1 aromatic carbocycles. The highest BCUT2D eigenvalue weighted by Gasteiger charge is 2.62. The molecular formula is C32H45NO5. The van der Waals surface area contributed by atoms with Crippen LogP contribution in [0.1, 0.15) is 84.4 Å². The molecule has 0 amide bonds. The molecule has 0 radical (unpaired) electrons. The number of aliphatic hydroxyl groups is 2. The van der Waals surface area contributed by atoms with Crippen LogP contribution in [0.15, 0.2) is 27.4 Å². The molecule has 0 aliphatic heterocycles. The minimum Gasteiger partial charge on any atom is -0.497 e. The molecule has 10 atom stereocenters. The van der Waals surface area contributed by atoms with E-state index in [2.05, 4.69) is 25.8 Å². The van der Waals surface area contributed by atoms with Crippen molar-refractivity contribution >= 4 is 10.9 Å². The molecule has 1 heterocycles. The molecule has 2 aromatic rings. The van der Waals surface area contributed by atoms with Crippen molar-refractivity contribution in [2.24, 2.45) is 46.3 Å². The Balaban J connectivity index is 1.18. The molecule has 6 heteroatoms. The predicted octanol–water partition coefficient (Wildman–Crippen LogP) is 5.76. The Morgan fingerprint density at radius 1 is 1.08 bits per heavy atom. The SMILES string of the molecule is COc1ccc2c(=O)oc(CC[C@@H](C)[C@H]3CC[C@H]4[C@H]5C(CC[C@]34C)[C@@]3(C)CC[C@@H](O)C[C@H]3C[C@H]5O)nc2c1. The number of benzene rings is 1. The van der Waals surface area contributed by atoms with Gasteiger partial charge in [-0.15, -0.1) is 0 Å². The van der Waals surface area contributed by atoms with E-state index < -0.39 is 0 Å². The normalized spacial score (nSPS) is 41.3. The van der Waals surface area contributed by atoms with Crippen molar-refractivity contribution in [3.63, 3.8) is 0 Å². The fourth-order valence-corrected chi connectivity index (χ4v) is 10.1. The number of aromatic nitrogens is 1. The molecule has 0 spiro atoms. The molecule has 2 N–H and O–H groups in total. The molecule has 1 aromatic heterocycles. The molecule has 208 valence electrons. The predicted molar refractivity (Wildman–Crippen MR) is 147 cm³/mol. The Bertz CT molecular complexity index is 1240. The summed E-state index contributed by atoms with van der Waals surface area (Å²) >= 11 is 0. The lowest BCUT2D eigenvalue weighted by Crippen LogP contribution is -2.58. The van der Waals surface area contributed by atoms with Gasteiger partial charge in [-0.1, -0.05) is 20.8 Å². The zero-order valence-corrected chi connectivity index (χ0v) is 23.5. The van der Waals surface area contributed by atoms with Crippen molar-refractivity contribution < 1.29 is 19.4 Å². The van der Waals surface area contributed by atoms with Gasteiger partial charge in [-0.3, -0.25) is 0 Å². The van der Waals surface area contributed by atoms with Gasteiger partial charge < -0.3 is 19.4 Å². The number of ether oxygens (including phenoxy) is 1. The summed E-state index contributed by atoms with van der Waals surface area (Å²) < 4.78 is 10.9. The van der Waals surface area contributed by atoms with Crippen LogP contribution in [0.4, 0.5) is 0 Å². The van der Waals surface area contributed by atoms with Gasteiger partial charge >= 0.3 is 5.63 Å². The van der Waals surface area contributed by atoms with Crippen LogP contribution in [0.5, 0.6) is 5.75 Å². The Hall–Kier alpha value is -1.92. The van der Waals surface area contributed by atoms with E-state index in [1.165, 1.54) is 25.7 Å². The monoisotopic (exact) mass is 523 g/mol. The maximum Gasteiger partial charge on any atom is 0.346 e. The molecular weight excluding hydrogens is 478 g/mol. The van der Waals surface area contributed by atoms with Crippen LogP contribution >= 0.6 is 0 Å². The summed E-state index contributed by atoms with van der Waals surface area (Å²) in [5.41, 5.74) is 0.794. The summed E-state index contributed by atoms with van der Waals surface area (Å²) in [6, 6.07) is 5.27. The average Bonchev–Trinajstić information content (AvgIpc) is 3.25. The van der Waals surface area contributed by atoms with Crippen LogP contribution in [0.25, 0.3) is 10.9 Å². The summed E-state index contributed by atoms with van der Waals surface area (Å²) in [5, 5.41) is 22.3. The first kappa shape index (κ1) is 26.3. The first-order chi connectivity index (χ1) is 18.1. The Kier molecular flexibility index (Phi) is 6.66. The zero-order valence-electron chi connectivity index (χ0n) is 23.5. The highest BCUT2D eigenvalue weighted by molar-refractivity contribution is 5.78.